The molecule has 17 heavy (non-hydrogen) atoms. The molecule has 0 saturated heterocycles. The van der Waals surface area contributed by atoms with Gasteiger partial charge in [-0.25, -0.2) is 0 Å². The minimum atomic E-state index is 0.702. The molecule has 2 aliphatic rings. The van der Waals surface area contributed by atoms with Gasteiger partial charge in [0.15, 0.2) is 0 Å². The number of rotatable bonds is 8. The summed E-state index contributed by atoms with van der Waals surface area (Å²) in [5.74, 6) is 0.890. The Morgan fingerprint density at radius 3 is 2.76 bits per heavy atom. The zero-order valence-electron chi connectivity index (χ0n) is 11.5. The van der Waals surface area contributed by atoms with Gasteiger partial charge in [-0.3, -0.25) is 4.90 Å². The van der Waals surface area contributed by atoms with E-state index in [0.717, 1.165) is 38.3 Å². The first-order chi connectivity index (χ1) is 8.31. The van der Waals surface area contributed by atoms with Crippen LogP contribution in [0.3, 0.4) is 0 Å². The number of nitrogens with zero attached hydrogens (tertiary/aromatic N) is 1. The maximum Gasteiger partial charge on any atom is 0.0593 e. The molecule has 0 bridgehead atoms. The van der Waals surface area contributed by atoms with E-state index >= 15 is 0 Å². The molecule has 2 fully saturated rings. The monoisotopic (exact) mass is 240 g/mol. The Kier molecular flexibility index (Phi) is 5.26. The van der Waals surface area contributed by atoms with Gasteiger partial charge in [0, 0.05) is 25.2 Å². The second kappa shape index (κ2) is 6.72. The van der Waals surface area contributed by atoms with Crippen LogP contribution in [0.5, 0.6) is 0 Å². The predicted molar refractivity (Wildman–Crippen MR) is 71.3 cm³/mol. The normalized spacial score (nSPS) is 29.1. The molecule has 0 amide bonds. The fraction of sp³-hybridized carbons (Fsp3) is 1.00. The van der Waals surface area contributed by atoms with E-state index in [9.17, 15) is 0 Å². The van der Waals surface area contributed by atoms with Crippen molar-refractivity contribution in [3.8, 4) is 0 Å². The topological polar surface area (TPSA) is 24.5 Å². The summed E-state index contributed by atoms with van der Waals surface area (Å²) in [5.41, 5.74) is 0. The van der Waals surface area contributed by atoms with Crippen LogP contribution in [0.25, 0.3) is 0 Å². The number of hydrogen-bond acceptors (Lipinski definition) is 3. The van der Waals surface area contributed by atoms with Crippen LogP contribution in [0, 0.1) is 5.92 Å². The molecule has 0 heterocycles. The molecule has 0 radical (unpaired) electrons. The summed E-state index contributed by atoms with van der Waals surface area (Å²) >= 11 is 0. The van der Waals surface area contributed by atoms with Gasteiger partial charge in [0.2, 0.25) is 0 Å². The highest BCUT2D eigenvalue weighted by Gasteiger charge is 2.29. The van der Waals surface area contributed by atoms with Gasteiger partial charge in [0.1, 0.15) is 0 Å². The molecular formula is C14H28N2O. The maximum atomic E-state index is 5.72. The van der Waals surface area contributed by atoms with E-state index in [2.05, 4.69) is 24.2 Å². The molecule has 2 unspecified atom stereocenters. The Balaban J connectivity index is 1.61. The first kappa shape index (κ1) is 13.3. The van der Waals surface area contributed by atoms with Crippen molar-refractivity contribution in [2.75, 3.05) is 33.4 Å². The Bertz CT molecular complexity index is 218. The number of nitrogens with one attached hydrogen (secondary N) is 1. The highest BCUT2D eigenvalue weighted by Crippen LogP contribution is 2.28. The van der Waals surface area contributed by atoms with Crippen LogP contribution >= 0.6 is 0 Å². The minimum absolute atomic E-state index is 0.702. The van der Waals surface area contributed by atoms with Gasteiger partial charge in [-0.15, -0.1) is 0 Å². The fourth-order valence-corrected chi connectivity index (χ4v) is 2.88. The summed E-state index contributed by atoms with van der Waals surface area (Å²) < 4.78 is 5.72. The third-order valence-corrected chi connectivity index (χ3v) is 4.15. The van der Waals surface area contributed by atoms with E-state index in [-0.39, 0.29) is 0 Å². The molecule has 1 N–H and O–H groups in total. The van der Waals surface area contributed by atoms with Crippen molar-refractivity contribution in [2.24, 2.45) is 5.92 Å². The highest BCUT2D eigenvalue weighted by molar-refractivity contribution is 4.89. The van der Waals surface area contributed by atoms with Crippen LogP contribution < -0.4 is 5.32 Å². The lowest BCUT2D eigenvalue weighted by atomic mass is 10.1. The molecule has 3 nitrogen and oxygen atoms in total. The Morgan fingerprint density at radius 1 is 1.24 bits per heavy atom. The van der Waals surface area contributed by atoms with Crippen molar-refractivity contribution in [3.05, 3.63) is 0 Å². The molecule has 2 rings (SSSR count). The summed E-state index contributed by atoms with van der Waals surface area (Å²) in [5, 5.41) is 3.61. The first-order valence-corrected chi connectivity index (χ1v) is 7.32. The first-order valence-electron chi connectivity index (χ1n) is 7.32. The summed E-state index contributed by atoms with van der Waals surface area (Å²) in [6.45, 7) is 6.28. The van der Waals surface area contributed by atoms with Gasteiger partial charge in [-0.2, -0.15) is 0 Å². The SMILES string of the molecule is CCNC1CCCC1N(C)CCOCC1CC1. The third kappa shape index (κ3) is 4.23. The van der Waals surface area contributed by atoms with Gasteiger partial charge < -0.3 is 10.1 Å². The molecule has 100 valence electrons. The fourth-order valence-electron chi connectivity index (χ4n) is 2.88. The van der Waals surface area contributed by atoms with Crippen LogP contribution in [0.15, 0.2) is 0 Å². The number of ether oxygens (including phenoxy) is 1. The maximum absolute atomic E-state index is 5.72. The van der Waals surface area contributed by atoms with Crippen molar-refractivity contribution in [1.82, 2.24) is 10.2 Å². The zero-order chi connectivity index (χ0) is 12.1. The van der Waals surface area contributed by atoms with E-state index in [1.807, 2.05) is 0 Å². The van der Waals surface area contributed by atoms with Crippen LogP contribution in [0.4, 0.5) is 0 Å². The van der Waals surface area contributed by atoms with Crippen LogP contribution in [-0.2, 0) is 4.74 Å². The van der Waals surface area contributed by atoms with Crippen molar-refractivity contribution < 1.29 is 4.74 Å². The number of likely N-dealkylation sites (N-methyl/N-ethyl adjacent to an activating group) is 2. The highest BCUT2D eigenvalue weighted by atomic mass is 16.5. The van der Waals surface area contributed by atoms with Gasteiger partial charge in [0.25, 0.3) is 0 Å². The summed E-state index contributed by atoms with van der Waals surface area (Å²) in [7, 11) is 2.25. The smallest absolute Gasteiger partial charge is 0.0593 e. The van der Waals surface area contributed by atoms with Gasteiger partial charge in [0.05, 0.1) is 6.61 Å². The van der Waals surface area contributed by atoms with Gasteiger partial charge in [-0.1, -0.05) is 13.3 Å². The van der Waals surface area contributed by atoms with Crippen molar-refractivity contribution in [3.63, 3.8) is 0 Å². The third-order valence-electron chi connectivity index (χ3n) is 4.15. The van der Waals surface area contributed by atoms with Crippen molar-refractivity contribution in [2.45, 2.75) is 51.1 Å². The Labute approximate surface area is 106 Å². The summed E-state index contributed by atoms with van der Waals surface area (Å²) in [6, 6.07) is 1.42. The quantitative estimate of drug-likeness (QED) is 0.656. The Morgan fingerprint density at radius 2 is 2.06 bits per heavy atom. The van der Waals surface area contributed by atoms with E-state index in [0.29, 0.717) is 6.04 Å². The van der Waals surface area contributed by atoms with Gasteiger partial charge >= 0.3 is 0 Å². The minimum Gasteiger partial charge on any atom is -0.380 e. The average Bonchev–Trinajstić information content (AvgIpc) is 3.03. The van der Waals surface area contributed by atoms with E-state index in [1.165, 1.54) is 32.1 Å². The van der Waals surface area contributed by atoms with Crippen molar-refractivity contribution >= 4 is 0 Å². The zero-order valence-corrected chi connectivity index (χ0v) is 11.5. The lowest BCUT2D eigenvalue weighted by Gasteiger charge is -2.30. The van der Waals surface area contributed by atoms with Crippen LogP contribution in [-0.4, -0.2) is 50.3 Å². The Hall–Kier alpha value is -0.120. The van der Waals surface area contributed by atoms with E-state index < -0.39 is 0 Å². The predicted octanol–water partition coefficient (Wildman–Crippen LogP) is 1.88. The summed E-state index contributed by atoms with van der Waals surface area (Å²) in [4.78, 5) is 2.49. The van der Waals surface area contributed by atoms with Crippen LogP contribution in [0.1, 0.15) is 39.0 Å². The molecule has 0 aromatic rings. The molecule has 0 aliphatic heterocycles. The largest absolute Gasteiger partial charge is 0.380 e. The molecule has 2 aliphatic carbocycles. The molecule has 2 atom stereocenters. The standard InChI is InChI=1S/C14H28N2O/c1-3-15-13-5-4-6-14(13)16(2)9-10-17-11-12-7-8-12/h12-15H,3-11H2,1-2H3. The van der Waals surface area contributed by atoms with Gasteiger partial charge in [-0.05, 0) is 45.2 Å². The molecule has 0 spiro atoms. The van der Waals surface area contributed by atoms with E-state index in [4.69, 9.17) is 4.74 Å². The second-order valence-corrected chi connectivity index (χ2v) is 5.66. The van der Waals surface area contributed by atoms with Crippen molar-refractivity contribution in [1.29, 1.82) is 0 Å². The second-order valence-electron chi connectivity index (χ2n) is 5.66. The van der Waals surface area contributed by atoms with Crippen LogP contribution in [0.2, 0.25) is 0 Å². The summed E-state index contributed by atoms with van der Waals surface area (Å²) in [6.07, 6.45) is 6.83. The molecule has 0 aromatic carbocycles. The molecule has 3 heteroatoms. The van der Waals surface area contributed by atoms with E-state index in [1.54, 1.807) is 0 Å². The lowest BCUT2D eigenvalue weighted by Crippen LogP contribution is -2.46. The number of hydrogen-bond donors (Lipinski definition) is 1. The molecule has 2 saturated carbocycles. The molecular weight excluding hydrogens is 212 g/mol. The molecule has 0 aromatic heterocycles. The average molecular weight is 240 g/mol. The lowest BCUT2D eigenvalue weighted by molar-refractivity contribution is 0.0876.